The van der Waals surface area contributed by atoms with Crippen molar-refractivity contribution < 1.29 is 4.79 Å². The van der Waals surface area contributed by atoms with Gasteiger partial charge in [-0.05, 0) is 25.5 Å². The van der Waals surface area contributed by atoms with Gasteiger partial charge in [-0.2, -0.15) is 5.26 Å². The zero-order chi connectivity index (χ0) is 15.0. The van der Waals surface area contributed by atoms with E-state index in [2.05, 4.69) is 4.98 Å². The summed E-state index contributed by atoms with van der Waals surface area (Å²) >= 11 is 0. The highest BCUT2D eigenvalue weighted by atomic mass is 16.2. The first-order valence-corrected chi connectivity index (χ1v) is 6.80. The van der Waals surface area contributed by atoms with Gasteiger partial charge in [0.25, 0.3) is 5.91 Å². The number of aromatic nitrogens is 1. The van der Waals surface area contributed by atoms with Crippen molar-refractivity contribution in [3.63, 3.8) is 0 Å². The van der Waals surface area contributed by atoms with E-state index in [4.69, 9.17) is 5.26 Å². The van der Waals surface area contributed by atoms with Gasteiger partial charge >= 0.3 is 0 Å². The van der Waals surface area contributed by atoms with Gasteiger partial charge in [-0.15, -0.1) is 0 Å². The predicted molar refractivity (Wildman–Crippen MR) is 78.3 cm³/mol. The lowest BCUT2D eigenvalue weighted by Gasteiger charge is -2.35. The molecule has 1 aromatic heterocycles. The molecule has 104 valence electrons. The quantitative estimate of drug-likeness (QED) is 0.848. The molecule has 3 rings (SSSR count). The van der Waals surface area contributed by atoms with Crippen LogP contribution in [0.15, 0.2) is 42.6 Å². The summed E-state index contributed by atoms with van der Waals surface area (Å²) in [5.74, 6) is -0.0662. The third-order valence-electron chi connectivity index (χ3n) is 4.04. The maximum Gasteiger partial charge on any atom is 0.256 e. The summed E-state index contributed by atoms with van der Waals surface area (Å²) in [5.41, 5.74) is 2.35. The van der Waals surface area contributed by atoms with Crippen LogP contribution < -0.4 is 0 Å². The van der Waals surface area contributed by atoms with E-state index in [-0.39, 0.29) is 5.91 Å². The number of carbonyl (C=O) groups is 1. The van der Waals surface area contributed by atoms with Crippen LogP contribution in [0.25, 0.3) is 0 Å². The number of hydrogen-bond acceptors (Lipinski definition) is 3. The molecule has 0 unspecified atom stereocenters. The van der Waals surface area contributed by atoms with E-state index in [9.17, 15) is 4.79 Å². The molecule has 2 heterocycles. The fourth-order valence-electron chi connectivity index (χ4n) is 2.69. The zero-order valence-electron chi connectivity index (χ0n) is 12.0. The highest BCUT2D eigenvalue weighted by molar-refractivity contribution is 5.98. The maximum absolute atomic E-state index is 12.7. The molecule has 0 atom stereocenters. The third kappa shape index (κ3) is 2.07. The lowest BCUT2D eigenvalue weighted by molar-refractivity contribution is 0.0566. The molecular weight excluding hydrogens is 262 g/mol. The van der Waals surface area contributed by atoms with Gasteiger partial charge in [0.2, 0.25) is 0 Å². The summed E-state index contributed by atoms with van der Waals surface area (Å²) in [6, 6.07) is 13.6. The van der Waals surface area contributed by atoms with E-state index < -0.39 is 5.54 Å². The van der Waals surface area contributed by atoms with Crippen molar-refractivity contribution in [2.24, 2.45) is 0 Å². The van der Waals surface area contributed by atoms with E-state index in [0.29, 0.717) is 17.7 Å². The Balaban J connectivity index is 2.00. The molecule has 0 saturated carbocycles. The summed E-state index contributed by atoms with van der Waals surface area (Å²) in [6.07, 6.45) is 1.52. The minimum atomic E-state index is -0.425. The fourth-order valence-corrected chi connectivity index (χ4v) is 2.69. The summed E-state index contributed by atoms with van der Waals surface area (Å²) < 4.78 is 0. The second kappa shape index (κ2) is 4.71. The normalized spacial score (nSPS) is 14.0. The minimum absolute atomic E-state index is 0.0662. The van der Waals surface area contributed by atoms with Crippen LogP contribution in [0.1, 0.15) is 41.0 Å². The van der Waals surface area contributed by atoms with Crippen molar-refractivity contribution in [1.82, 2.24) is 9.88 Å². The molecule has 0 radical (unpaired) electrons. The number of fused-ring (bicyclic) bond motifs is 1. The van der Waals surface area contributed by atoms with Gasteiger partial charge in [0.05, 0.1) is 28.9 Å². The number of pyridine rings is 1. The molecule has 2 aromatic rings. The minimum Gasteiger partial charge on any atom is -0.323 e. The molecule has 0 aliphatic carbocycles. The van der Waals surface area contributed by atoms with Crippen molar-refractivity contribution in [3.8, 4) is 6.07 Å². The third-order valence-corrected chi connectivity index (χ3v) is 4.04. The van der Waals surface area contributed by atoms with E-state index in [0.717, 1.165) is 11.3 Å². The first kappa shape index (κ1) is 13.3. The van der Waals surface area contributed by atoms with E-state index in [1.54, 1.807) is 11.0 Å². The number of nitriles is 1. The molecule has 4 heteroatoms. The van der Waals surface area contributed by atoms with Gasteiger partial charge < -0.3 is 4.90 Å². The smallest absolute Gasteiger partial charge is 0.256 e. The first-order valence-electron chi connectivity index (χ1n) is 6.80. The van der Waals surface area contributed by atoms with Crippen molar-refractivity contribution in [2.75, 3.05) is 0 Å². The Labute approximate surface area is 123 Å². The van der Waals surface area contributed by atoms with Gasteiger partial charge in [-0.3, -0.25) is 9.78 Å². The Morgan fingerprint density at radius 3 is 2.67 bits per heavy atom. The van der Waals surface area contributed by atoms with Gasteiger partial charge in [0, 0.05) is 6.20 Å². The Morgan fingerprint density at radius 2 is 2.00 bits per heavy atom. The number of hydrogen-bond donors (Lipinski definition) is 0. The zero-order valence-corrected chi connectivity index (χ0v) is 12.0. The second-order valence-corrected chi connectivity index (χ2v) is 5.65. The number of rotatable bonds is 2. The number of nitrogens with zero attached hydrogens (tertiary/aromatic N) is 3. The summed E-state index contributed by atoms with van der Waals surface area (Å²) in [7, 11) is 0. The van der Waals surface area contributed by atoms with Gasteiger partial charge in [-0.1, -0.05) is 30.3 Å². The van der Waals surface area contributed by atoms with Crippen LogP contribution in [0.4, 0.5) is 0 Å². The van der Waals surface area contributed by atoms with Gasteiger partial charge in [0.1, 0.15) is 6.07 Å². The molecule has 1 aromatic carbocycles. The topological polar surface area (TPSA) is 57.0 Å². The van der Waals surface area contributed by atoms with Crippen molar-refractivity contribution >= 4 is 5.91 Å². The monoisotopic (exact) mass is 277 g/mol. The Hall–Kier alpha value is -2.67. The van der Waals surface area contributed by atoms with E-state index >= 15 is 0 Å². The van der Waals surface area contributed by atoms with Crippen LogP contribution in [0.2, 0.25) is 0 Å². The highest BCUT2D eigenvalue weighted by Gasteiger charge is 2.39. The van der Waals surface area contributed by atoms with Crippen LogP contribution in [0.3, 0.4) is 0 Å². The van der Waals surface area contributed by atoms with E-state index in [1.807, 2.05) is 50.2 Å². The molecule has 4 nitrogen and oxygen atoms in total. The summed E-state index contributed by atoms with van der Waals surface area (Å²) in [6.45, 7) is 4.52. The molecular formula is C17H15N3O. The molecule has 0 fully saturated rings. The number of benzene rings is 1. The van der Waals surface area contributed by atoms with Gasteiger partial charge in [0.15, 0.2) is 0 Å². The van der Waals surface area contributed by atoms with Crippen molar-refractivity contribution in [3.05, 3.63) is 65.0 Å². The highest BCUT2D eigenvalue weighted by Crippen LogP contribution is 2.35. The molecule has 1 aliphatic rings. The average molecular weight is 277 g/mol. The Morgan fingerprint density at radius 1 is 1.29 bits per heavy atom. The van der Waals surface area contributed by atoms with Crippen molar-refractivity contribution in [1.29, 1.82) is 5.26 Å². The fraction of sp³-hybridized carbons (Fsp3) is 0.235. The lowest BCUT2D eigenvalue weighted by Crippen LogP contribution is -2.41. The largest absolute Gasteiger partial charge is 0.323 e. The number of amides is 1. The molecule has 21 heavy (non-hydrogen) atoms. The van der Waals surface area contributed by atoms with Crippen LogP contribution >= 0.6 is 0 Å². The SMILES string of the molecule is CC(C)(c1ccccc1)N1Cc2ncc(C#N)cc2C1=O. The molecule has 0 saturated heterocycles. The molecule has 0 N–H and O–H groups in total. The molecule has 1 amide bonds. The second-order valence-electron chi connectivity index (χ2n) is 5.65. The molecule has 1 aliphatic heterocycles. The Kier molecular flexibility index (Phi) is 2.99. The lowest BCUT2D eigenvalue weighted by atomic mass is 9.92. The van der Waals surface area contributed by atoms with Crippen LogP contribution in [-0.2, 0) is 12.1 Å². The van der Waals surface area contributed by atoms with Gasteiger partial charge in [-0.25, -0.2) is 0 Å². The maximum atomic E-state index is 12.7. The molecule has 0 spiro atoms. The van der Waals surface area contributed by atoms with Crippen molar-refractivity contribution in [2.45, 2.75) is 25.9 Å². The van der Waals surface area contributed by atoms with E-state index in [1.165, 1.54) is 6.20 Å². The van der Waals surface area contributed by atoms with Crippen LogP contribution in [0.5, 0.6) is 0 Å². The first-order chi connectivity index (χ1) is 10.0. The Bertz CT molecular complexity index is 744. The average Bonchev–Trinajstić information content (AvgIpc) is 2.85. The summed E-state index contributed by atoms with van der Waals surface area (Å²) in [4.78, 5) is 18.7. The summed E-state index contributed by atoms with van der Waals surface area (Å²) in [5, 5.41) is 8.94. The number of carbonyl (C=O) groups excluding carboxylic acids is 1. The molecule has 0 bridgehead atoms. The standard InChI is InChI=1S/C17H15N3O/c1-17(2,13-6-4-3-5-7-13)20-11-15-14(16(20)21)8-12(9-18)10-19-15/h3-8,10H,11H2,1-2H3. The van der Waals surface area contributed by atoms with Crippen LogP contribution in [-0.4, -0.2) is 15.8 Å². The van der Waals surface area contributed by atoms with Crippen LogP contribution in [0, 0.1) is 11.3 Å². The predicted octanol–water partition coefficient (Wildman–Crippen LogP) is 2.84.